The summed E-state index contributed by atoms with van der Waals surface area (Å²) in [5.74, 6) is -2.01. The third-order valence-electron chi connectivity index (χ3n) is 2.89. The first kappa shape index (κ1) is 16.6. The maximum Gasteiger partial charge on any atom is 0.326 e. The molecule has 8 nitrogen and oxygen atoms in total. The molecule has 1 aromatic carbocycles. The fourth-order valence-electron chi connectivity index (χ4n) is 1.82. The zero-order chi connectivity index (χ0) is 16.0. The first-order chi connectivity index (χ1) is 9.88. The number of nitro groups is 1. The average Bonchev–Trinajstić information content (AvgIpc) is 2.42. The van der Waals surface area contributed by atoms with Crippen molar-refractivity contribution in [3.63, 3.8) is 0 Å². The van der Waals surface area contributed by atoms with Gasteiger partial charge in [-0.25, -0.2) is 4.79 Å². The van der Waals surface area contributed by atoms with Crippen molar-refractivity contribution in [2.45, 2.75) is 19.4 Å². The molecular formula is C13H16N2O6. The fraction of sp³-hybridized carbons (Fsp3) is 0.385. The van der Waals surface area contributed by atoms with Crippen LogP contribution >= 0.6 is 0 Å². The molecule has 1 unspecified atom stereocenters. The van der Waals surface area contributed by atoms with Gasteiger partial charge in [0.05, 0.1) is 4.92 Å². The summed E-state index contributed by atoms with van der Waals surface area (Å²) in [6.07, 6.45) is 0.0667. The molecule has 0 aromatic heterocycles. The summed E-state index contributed by atoms with van der Waals surface area (Å²) in [6.45, 7) is 1.69. The third kappa shape index (κ3) is 4.25. The smallest absolute Gasteiger partial charge is 0.326 e. The van der Waals surface area contributed by atoms with Gasteiger partial charge < -0.3 is 15.2 Å². The predicted molar refractivity (Wildman–Crippen MR) is 73.2 cm³/mol. The van der Waals surface area contributed by atoms with E-state index >= 15 is 0 Å². The molecule has 0 radical (unpaired) electrons. The van der Waals surface area contributed by atoms with E-state index in [1.54, 1.807) is 13.0 Å². The van der Waals surface area contributed by atoms with Gasteiger partial charge in [0.1, 0.15) is 11.6 Å². The van der Waals surface area contributed by atoms with Gasteiger partial charge in [-0.1, -0.05) is 12.1 Å². The van der Waals surface area contributed by atoms with Gasteiger partial charge >= 0.3 is 5.97 Å². The number of hydrogen-bond donors (Lipinski definition) is 2. The number of carbonyl (C=O) groups excluding carboxylic acids is 1. The summed E-state index contributed by atoms with van der Waals surface area (Å²) in [7, 11) is 1.41. The van der Waals surface area contributed by atoms with Crippen LogP contribution in [0.3, 0.4) is 0 Å². The highest BCUT2D eigenvalue weighted by atomic mass is 16.6. The molecule has 0 fully saturated rings. The normalized spacial score (nSPS) is 11.7. The Hall–Kier alpha value is -2.48. The molecular weight excluding hydrogens is 280 g/mol. The number of nitro benzene ring substituents is 1. The van der Waals surface area contributed by atoms with E-state index in [0.29, 0.717) is 5.56 Å². The van der Waals surface area contributed by atoms with Crippen LogP contribution in [0.5, 0.6) is 0 Å². The van der Waals surface area contributed by atoms with Gasteiger partial charge in [-0.15, -0.1) is 0 Å². The van der Waals surface area contributed by atoms with E-state index in [4.69, 9.17) is 9.84 Å². The van der Waals surface area contributed by atoms with Crippen molar-refractivity contribution in [1.82, 2.24) is 5.32 Å². The number of ether oxygens (including phenoxy) is 1. The number of rotatable bonds is 7. The number of benzene rings is 1. The molecule has 0 aliphatic carbocycles. The SMILES string of the molecule is COCCC(NC(=O)c1c(C)cccc1[N+](=O)[O-])C(=O)O. The van der Waals surface area contributed by atoms with Gasteiger partial charge in [0, 0.05) is 26.2 Å². The van der Waals surface area contributed by atoms with E-state index in [1.807, 2.05) is 0 Å². The van der Waals surface area contributed by atoms with Crippen LogP contribution in [0.15, 0.2) is 18.2 Å². The number of carboxylic acid groups (broad SMARTS) is 1. The molecule has 1 aromatic rings. The molecule has 0 aliphatic heterocycles. The molecule has 0 saturated carbocycles. The molecule has 0 spiro atoms. The largest absolute Gasteiger partial charge is 0.480 e. The minimum atomic E-state index is -1.23. The van der Waals surface area contributed by atoms with Gasteiger partial charge in [0.25, 0.3) is 11.6 Å². The van der Waals surface area contributed by atoms with Crippen molar-refractivity contribution in [3.05, 3.63) is 39.4 Å². The molecule has 0 bridgehead atoms. The maximum absolute atomic E-state index is 12.1. The molecule has 0 heterocycles. The highest BCUT2D eigenvalue weighted by Crippen LogP contribution is 2.21. The number of carbonyl (C=O) groups is 2. The number of carboxylic acids is 1. The summed E-state index contributed by atoms with van der Waals surface area (Å²) in [5, 5.41) is 22.3. The minimum absolute atomic E-state index is 0.0667. The van der Waals surface area contributed by atoms with Crippen LogP contribution in [0.1, 0.15) is 22.3 Å². The van der Waals surface area contributed by atoms with Gasteiger partial charge in [-0.05, 0) is 12.5 Å². The van der Waals surface area contributed by atoms with Crippen LogP contribution in [-0.4, -0.2) is 41.7 Å². The fourth-order valence-corrected chi connectivity index (χ4v) is 1.82. The van der Waals surface area contributed by atoms with E-state index in [0.717, 1.165) is 0 Å². The molecule has 1 rings (SSSR count). The van der Waals surface area contributed by atoms with Gasteiger partial charge in [-0.2, -0.15) is 0 Å². The lowest BCUT2D eigenvalue weighted by atomic mass is 10.1. The number of methoxy groups -OCH3 is 1. The van der Waals surface area contributed by atoms with Crippen LogP contribution in [0.4, 0.5) is 5.69 Å². The molecule has 0 aliphatic rings. The third-order valence-corrected chi connectivity index (χ3v) is 2.89. The van der Waals surface area contributed by atoms with Crippen LogP contribution in [-0.2, 0) is 9.53 Å². The number of amides is 1. The summed E-state index contributed by atoms with van der Waals surface area (Å²) in [5.41, 5.74) is -0.0906. The molecule has 1 amide bonds. The molecule has 8 heteroatoms. The first-order valence-electron chi connectivity index (χ1n) is 6.15. The zero-order valence-corrected chi connectivity index (χ0v) is 11.7. The zero-order valence-electron chi connectivity index (χ0n) is 11.7. The highest BCUT2D eigenvalue weighted by molar-refractivity contribution is 6.01. The Morgan fingerprint density at radius 1 is 1.48 bits per heavy atom. The van der Waals surface area contributed by atoms with Gasteiger partial charge in [0.15, 0.2) is 0 Å². The van der Waals surface area contributed by atoms with Crippen LogP contribution in [0.2, 0.25) is 0 Å². The molecule has 0 saturated heterocycles. The van der Waals surface area contributed by atoms with Crippen LogP contribution in [0, 0.1) is 17.0 Å². The summed E-state index contributed by atoms with van der Waals surface area (Å²) < 4.78 is 4.77. The van der Waals surface area contributed by atoms with Crippen molar-refractivity contribution < 1.29 is 24.4 Å². The van der Waals surface area contributed by atoms with Crippen molar-refractivity contribution >= 4 is 17.6 Å². The van der Waals surface area contributed by atoms with Crippen molar-refractivity contribution in [3.8, 4) is 0 Å². The Balaban J connectivity index is 3.02. The Bertz CT molecular complexity index is 558. The number of nitrogens with one attached hydrogen (secondary N) is 1. The van der Waals surface area contributed by atoms with E-state index in [2.05, 4.69) is 5.32 Å². The monoisotopic (exact) mass is 296 g/mol. The van der Waals surface area contributed by atoms with E-state index in [1.165, 1.54) is 19.2 Å². The summed E-state index contributed by atoms with van der Waals surface area (Å²) >= 11 is 0. The second-order valence-corrected chi connectivity index (χ2v) is 4.37. The number of aryl methyl sites for hydroxylation is 1. The Labute approximate surface area is 120 Å². The van der Waals surface area contributed by atoms with E-state index < -0.39 is 22.8 Å². The average molecular weight is 296 g/mol. The van der Waals surface area contributed by atoms with Gasteiger partial charge in [-0.3, -0.25) is 14.9 Å². The van der Waals surface area contributed by atoms with Crippen molar-refractivity contribution in [2.24, 2.45) is 0 Å². The van der Waals surface area contributed by atoms with E-state index in [9.17, 15) is 19.7 Å². The standard InChI is InChI=1S/C13H16N2O6/c1-8-4-3-5-10(15(19)20)11(8)12(16)14-9(13(17)18)6-7-21-2/h3-5,9H,6-7H2,1-2H3,(H,14,16)(H,17,18). The molecule has 21 heavy (non-hydrogen) atoms. The lowest BCUT2D eigenvalue weighted by molar-refractivity contribution is -0.385. The second kappa shape index (κ2) is 7.34. The summed E-state index contributed by atoms with van der Waals surface area (Å²) in [4.78, 5) is 33.5. The highest BCUT2D eigenvalue weighted by Gasteiger charge is 2.26. The van der Waals surface area contributed by atoms with Crippen LogP contribution < -0.4 is 5.32 Å². The lowest BCUT2D eigenvalue weighted by Gasteiger charge is -2.15. The topological polar surface area (TPSA) is 119 Å². The Kier molecular flexibility index (Phi) is 5.79. The predicted octanol–water partition coefficient (Wildman–Crippen LogP) is 1.12. The van der Waals surface area contributed by atoms with Crippen molar-refractivity contribution in [1.29, 1.82) is 0 Å². The summed E-state index contributed by atoms with van der Waals surface area (Å²) in [6, 6.07) is 3.04. The van der Waals surface area contributed by atoms with Crippen LogP contribution in [0.25, 0.3) is 0 Å². The lowest BCUT2D eigenvalue weighted by Crippen LogP contribution is -2.41. The number of nitrogens with zero attached hydrogens (tertiary/aromatic N) is 1. The Morgan fingerprint density at radius 2 is 2.14 bits per heavy atom. The maximum atomic E-state index is 12.1. The minimum Gasteiger partial charge on any atom is -0.480 e. The van der Waals surface area contributed by atoms with E-state index in [-0.39, 0.29) is 24.3 Å². The molecule has 1 atom stereocenters. The molecule has 114 valence electrons. The van der Waals surface area contributed by atoms with Crippen molar-refractivity contribution in [2.75, 3.05) is 13.7 Å². The second-order valence-electron chi connectivity index (χ2n) is 4.37. The number of hydrogen-bond acceptors (Lipinski definition) is 5. The molecule has 2 N–H and O–H groups in total. The Morgan fingerprint density at radius 3 is 2.67 bits per heavy atom. The van der Waals surface area contributed by atoms with Gasteiger partial charge in [0.2, 0.25) is 0 Å². The number of aliphatic carboxylic acids is 1. The first-order valence-corrected chi connectivity index (χ1v) is 6.15. The quantitative estimate of drug-likeness (QED) is 0.575.